The van der Waals surface area contributed by atoms with Gasteiger partial charge in [0.15, 0.2) is 5.16 Å². The second kappa shape index (κ2) is 8.27. The lowest BCUT2D eigenvalue weighted by Crippen LogP contribution is -2.23. The topological polar surface area (TPSA) is 72.0 Å². The summed E-state index contributed by atoms with van der Waals surface area (Å²) in [5.41, 5.74) is 1.74. The van der Waals surface area contributed by atoms with E-state index in [-0.39, 0.29) is 17.6 Å². The number of hydrogen-bond acceptors (Lipinski definition) is 6. The average Bonchev–Trinajstić information content (AvgIpc) is 2.96. The molecule has 0 radical (unpaired) electrons. The largest absolute Gasteiger partial charge is 0.462 e. The molecule has 5 nitrogen and oxygen atoms in total. The molecule has 0 saturated carbocycles. The van der Waals surface area contributed by atoms with Crippen LogP contribution in [0.4, 0.5) is 0 Å². The number of ether oxygens (including phenoxy) is 1. The summed E-state index contributed by atoms with van der Waals surface area (Å²) in [7, 11) is 0. The summed E-state index contributed by atoms with van der Waals surface area (Å²) >= 11 is 2.74. The maximum Gasteiger partial charge on any atom is 0.319 e. The Labute approximate surface area is 166 Å². The number of benzene rings is 1. The van der Waals surface area contributed by atoms with E-state index in [2.05, 4.69) is 9.97 Å². The summed E-state index contributed by atoms with van der Waals surface area (Å²) in [5, 5.41) is 0.648. The minimum Gasteiger partial charge on any atom is -0.462 e. The van der Waals surface area contributed by atoms with Gasteiger partial charge in [-0.25, -0.2) is 4.98 Å². The van der Waals surface area contributed by atoms with Gasteiger partial charge >= 0.3 is 5.97 Å². The zero-order chi connectivity index (χ0) is 19.6. The molecule has 0 spiro atoms. The summed E-state index contributed by atoms with van der Waals surface area (Å²) in [6, 6.07) is 9.84. The highest BCUT2D eigenvalue weighted by atomic mass is 32.2. The standard InChI is InChI=1S/C20H22N2O3S2/c1-5-14(19(24)25-11(2)3)27-20-21-17(23)16-15(12(4)26-18(16)22-20)13-9-7-6-8-10-13/h6-11,14H,5H2,1-4H3,(H,21,22,23). The predicted molar refractivity (Wildman–Crippen MR) is 112 cm³/mol. The van der Waals surface area contributed by atoms with Crippen molar-refractivity contribution < 1.29 is 9.53 Å². The normalized spacial score (nSPS) is 12.5. The molecule has 7 heteroatoms. The van der Waals surface area contributed by atoms with Gasteiger partial charge in [0, 0.05) is 10.4 Å². The SMILES string of the molecule is CCC(Sc1nc2sc(C)c(-c3ccccc3)c2c(=O)[nH]1)C(=O)OC(C)C. The molecular weight excluding hydrogens is 380 g/mol. The molecule has 2 aromatic heterocycles. The molecule has 27 heavy (non-hydrogen) atoms. The fraction of sp³-hybridized carbons (Fsp3) is 0.350. The van der Waals surface area contributed by atoms with Crippen molar-refractivity contribution in [3.63, 3.8) is 0 Å². The predicted octanol–water partition coefficient (Wildman–Crippen LogP) is 4.78. The van der Waals surface area contributed by atoms with Crippen molar-refractivity contribution in [2.24, 2.45) is 0 Å². The number of aromatic amines is 1. The van der Waals surface area contributed by atoms with Gasteiger partial charge in [-0.05, 0) is 32.8 Å². The molecule has 142 valence electrons. The molecule has 2 heterocycles. The average molecular weight is 403 g/mol. The molecule has 1 aromatic carbocycles. The smallest absolute Gasteiger partial charge is 0.319 e. The maximum absolute atomic E-state index is 12.8. The number of thioether (sulfide) groups is 1. The Balaban J connectivity index is 1.99. The minimum absolute atomic E-state index is 0.171. The number of rotatable bonds is 6. The zero-order valence-electron chi connectivity index (χ0n) is 15.7. The Morgan fingerprint density at radius 3 is 2.63 bits per heavy atom. The molecule has 1 N–H and O–H groups in total. The van der Waals surface area contributed by atoms with Crippen LogP contribution in [-0.4, -0.2) is 27.3 Å². The van der Waals surface area contributed by atoms with Crippen LogP contribution >= 0.6 is 23.1 Å². The molecule has 0 bridgehead atoms. The van der Waals surface area contributed by atoms with Crippen LogP contribution in [0.5, 0.6) is 0 Å². The number of aryl methyl sites for hydroxylation is 1. The molecular formula is C20H22N2O3S2. The molecule has 0 aliphatic carbocycles. The number of fused-ring (bicyclic) bond motifs is 1. The number of nitrogens with one attached hydrogen (secondary N) is 1. The van der Waals surface area contributed by atoms with E-state index in [0.717, 1.165) is 16.0 Å². The van der Waals surface area contributed by atoms with E-state index in [4.69, 9.17) is 4.74 Å². The number of nitrogens with zero attached hydrogens (tertiary/aromatic N) is 1. The molecule has 0 aliphatic heterocycles. The van der Waals surface area contributed by atoms with Crippen molar-refractivity contribution >= 4 is 39.3 Å². The number of carbonyl (C=O) groups excluding carboxylic acids is 1. The third kappa shape index (κ3) is 4.25. The fourth-order valence-corrected chi connectivity index (χ4v) is 4.84. The van der Waals surface area contributed by atoms with E-state index in [1.165, 1.54) is 23.1 Å². The maximum atomic E-state index is 12.8. The van der Waals surface area contributed by atoms with Gasteiger partial charge < -0.3 is 9.72 Å². The van der Waals surface area contributed by atoms with Crippen LogP contribution in [0.25, 0.3) is 21.3 Å². The molecule has 1 unspecified atom stereocenters. The first kappa shape index (κ1) is 19.6. The number of aromatic nitrogens is 2. The van der Waals surface area contributed by atoms with Gasteiger partial charge in [0.2, 0.25) is 0 Å². The Morgan fingerprint density at radius 2 is 2.00 bits per heavy atom. The first-order valence-corrected chi connectivity index (χ1v) is 10.6. The highest BCUT2D eigenvalue weighted by molar-refractivity contribution is 8.00. The summed E-state index contributed by atoms with van der Waals surface area (Å²) in [4.78, 5) is 34.2. The van der Waals surface area contributed by atoms with Gasteiger partial charge in [0.25, 0.3) is 5.56 Å². The Bertz CT molecular complexity index is 1010. The third-order valence-corrected chi connectivity index (χ3v) is 6.24. The van der Waals surface area contributed by atoms with Gasteiger partial charge in [-0.2, -0.15) is 0 Å². The quantitative estimate of drug-likeness (QED) is 0.365. The number of hydrogen-bond donors (Lipinski definition) is 1. The Morgan fingerprint density at radius 1 is 1.30 bits per heavy atom. The van der Waals surface area contributed by atoms with Crippen LogP contribution in [0.15, 0.2) is 40.3 Å². The van der Waals surface area contributed by atoms with Crippen LogP contribution in [0.3, 0.4) is 0 Å². The molecule has 0 aliphatic rings. The van der Waals surface area contributed by atoms with E-state index in [9.17, 15) is 9.59 Å². The van der Waals surface area contributed by atoms with Crippen molar-refractivity contribution in [2.45, 2.75) is 50.6 Å². The number of H-pyrrole nitrogens is 1. The Kier molecular flexibility index (Phi) is 6.01. The highest BCUT2D eigenvalue weighted by Gasteiger charge is 2.23. The summed E-state index contributed by atoms with van der Waals surface area (Å²) < 4.78 is 5.30. The van der Waals surface area contributed by atoms with E-state index in [0.29, 0.717) is 21.8 Å². The van der Waals surface area contributed by atoms with E-state index in [1.54, 1.807) is 0 Å². The van der Waals surface area contributed by atoms with Crippen LogP contribution in [0.2, 0.25) is 0 Å². The Hall–Kier alpha value is -2.12. The molecule has 0 fully saturated rings. The third-order valence-electron chi connectivity index (χ3n) is 4.02. The van der Waals surface area contributed by atoms with Crippen LogP contribution in [0.1, 0.15) is 32.1 Å². The number of thiophene rings is 1. The molecule has 3 aromatic rings. The molecule has 3 rings (SSSR count). The second-order valence-corrected chi connectivity index (χ2v) is 8.85. The number of esters is 1. The van der Waals surface area contributed by atoms with Crippen molar-refractivity contribution in [2.75, 3.05) is 0 Å². The van der Waals surface area contributed by atoms with Gasteiger partial charge in [0.05, 0.1) is 11.5 Å². The summed E-state index contributed by atoms with van der Waals surface area (Å²) in [5.74, 6) is -0.285. The summed E-state index contributed by atoms with van der Waals surface area (Å²) in [6.45, 7) is 7.55. The van der Waals surface area contributed by atoms with Crippen LogP contribution in [-0.2, 0) is 9.53 Å². The van der Waals surface area contributed by atoms with Crippen LogP contribution in [0, 0.1) is 6.92 Å². The fourth-order valence-electron chi connectivity index (χ4n) is 2.85. The lowest BCUT2D eigenvalue weighted by Gasteiger charge is -2.15. The van der Waals surface area contributed by atoms with Crippen molar-refractivity contribution in [1.82, 2.24) is 9.97 Å². The van der Waals surface area contributed by atoms with Gasteiger partial charge in [-0.1, -0.05) is 49.0 Å². The minimum atomic E-state index is -0.400. The summed E-state index contributed by atoms with van der Waals surface area (Å²) in [6.07, 6.45) is 0.423. The highest BCUT2D eigenvalue weighted by Crippen LogP contribution is 2.36. The molecule has 0 amide bonds. The first-order chi connectivity index (χ1) is 12.9. The van der Waals surface area contributed by atoms with Crippen molar-refractivity contribution in [1.29, 1.82) is 0 Å². The number of carbonyl (C=O) groups is 1. The first-order valence-electron chi connectivity index (χ1n) is 8.86. The van der Waals surface area contributed by atoms with E-state index < -0.39 is 5.25 Å². The van der Waals surface area contributed by atoms with Gasteiger partial charge in [-0.3, -0.25) is 9.59 Å². The van der Waals surface area contributed by atoms with Gasteiger partial charge in [-0.15, -0.1) is 11.3 Å². The van der Waals surface area contributed by atoms with E-state index in [1.807, 2.05) is 58.0 Å². The van der Waals surface area contributed by atoms with Crippen molar-refractivity contribution in [3.05, 3.63) is 45.6 Å². The van der Waals surface area contributed by atoms with Crippen molar-refractivity contribution in [3.8, 4) is 11.1 Å². The van der Waals surface area contributed by atoms with Gasteiger partial charge in [0.1, 0.15) is 10.1 Å². The molecule has 1 atom stereocenters. The molecule has 0 saturated heterocycles. The zero-order valence-corrected chi connectivity index (χ0v) is 17.4. The van der Waals surface area contributed by atoms with Crippen LogP contribution < -0.4 is 5.56 Å². The second-order valence-electron chi connectivity index (χ2n) is 6.45. The lowest BCUT2D eigenvalue weighted by atomic mass is 10.0. The monoisotopic (exact) mass is 402 g/mol. The van der Waals surface area contributed by atoms with E-state index >= 15 is 0 Å². The lowest BCUT2D eigenvalue weighted by molar-refractivity contribution is -0.146.